The molecule has 0 aliphatic heterocycles. The van der Waals surface area contributed by atoms with Crippen LogP contribution in [0.25, 0.3) is 11.0 Å². The highest BCUT2D eigenvalue weighted by Crippen LogP contribution is 2.28. The first-order valence-corrected chi connectivity index (χ1v) is 8.20. The van der Waals surface area contributed by atoms with Crippen LogP contribution in [0.15, 0.2) is 21.3 Å². The van der Waals surface area contributed by atoms with Gasteiger partial charge >= 0.3 is 11.6 Å². The fourth-order valence-electron chi connectivity index (χ4n) is 2.61. The van der Waals surface area contributed by atoms with E-state index in [4.69, 9.17) is 9.52 Å². The average Bonchev–Trinajstić information content (AvgIpc) is 2.61. The Kier molecular flexibility index (Phi) is 6.17. The lowest BCUT2D eigenvalue weighted by molar-refractivity contribution is -0.137. The van der Waals surface area contributed by atoms with E-state index in [1.54, 1.807) is 19.9 Å². The maximum atomic E-state index is 12.2. The topological polar surface area (TPSA) is 146 Å². The molecule has 144 valence electrons. The van der Waals surface area contributed by atoms with Gasteiger partial charge in [0.05, 0.1) is 6.54 Å². The predicted molar refractivity (Wildman–Crippen MR) is 95.6 cm³/mol. The average molecular weight is 376 g/mol. The Labute approximate surface area is 154 Å². The zero-order valence-electron chi connectivity index (χ0n) is 14.9. The molecule has 0 aliphatic rings. The van der Waals surface area contributed by atoms with Crippen LogP contribution in [0, 0.1) is 13.8 Å². The lowest BCUT2D eigenvalue weighted by Crippen LogP contribution is -2.39. The molecule has 0 radical (unpaired) electrons. The van der Waals surface area contributed by atoms with E-state index in [0.29, 0.717) is 27.7 Å². The van der Waals surface area contributed by atoms with E-state index in [9.17, 15) is 24.3 Å². The summed E-state index contributed by atoms with van der Waals surface area (Å²) in [5.41, 5.74) is 1.19. The largest absolute Gasteiger partial charge is 0.508 e. The van der Waals surface area contributed by atoms with Gasteiger partial charge in [-0.3, -0.25) is 14.4 Å². The highest BCUT2D eigenvalue weighted by Gasteiger charge is 2.16. The molecule has 0 spiro atoms. The second kappa shape index (κ2) is 8.35. The summed E-state index contributed by atoms with van der Waals surface area (Å²) in [7, 11) is 0. The van der Waals surface area contributed by atoms with Crippen LogP contribution in [-0.2, 0) is 20.8 Å². The lowest BCUT2D eigenvalue weighted by Gasteiger charge is -2.10. The monoisotopic (exact) mass is 376 g/mol. The number of aromatic hydroxyl groups is 1. The van der Waals surface area contributed by atoms with Crippen molar-refractivity contribution in [2.24, 2.45) is 0 Å². The molecule has 0 saturated carbocycles. The van der Waals surface area contributed by atoms with Crippen LogP contribution in [0.5, 0.6) is 5.75 Å². The van der Waals surface area contributed by atoms with Gasteiger partial charge < -0.3 is 25.3 Å². The molecule has 0 bridgehead atoms. The van der Waals surface area contributed by atoms with Crippen molar-refractivity contribution in [1.29, 1.82) is 0 Å². The van der Waals surface area contributed by atoms with Gasteiger partial charge in [0.1, 0.15) is 17.9 Å². The first-order valence-electron chi connectivity index (χ1n) is 8.20. The van der Waals surface area contributed by atoms with E-state index in [0.717, 1.165) is 0 Å². The van der Waals surface area contributed by atoms with E-state index in [1.165, 1.54) is 6.07 Å². The number of amides is 2. The predicted octanol–water partition coefficient (Wildman–Crippen LogP) is 0.365. The van der Waals surface area contributed by atoms with Crippen LogP contribution in [0.2, 0.25) is 0 Å². The first-order chi connectivity index (χ1) is 12.7. The van der Waals surface area contributed by atoms with Gasteiger partial charge in [-0.1, -0.05) is 0 Å². The highest BCUT2D eigenvalue weighted by molar-refractivity contribution is 5.87. The Morgan fingerprint density at radius 3 is 2.37 bits per heavy atom. The van der Waals surface area contributed by atoms with E-state index >= 15 is 0 Å². The van der Waals surface area contributed by atoms with Gasteiger partial charge in [-0.2, -0.15) is 0 Å². The first kappa shape index (κ1) is 20.0. The summed E-state index contributed by atoms with van der Waals surface area (Å²) >= 11 is 0. The fraction of sp³-hybridized carbons (Fsp3) is 0.333. The molecule has 2 rings (SSSR count). The zero-order valence-corrected chi connectivity index (χ0v) is 14.9. The molecule has 0 unspecified atom stereocenters. The molecule has 9 heteroatoms. The number of benzene rings is 1. The number of aryl methyl sites for hydroxylation is 2. The SMILES string of the molecule is Cc1c(CCC(=O)NCC(=O)NCC(=O)O)c(=O)oc2c(C)c(O)ccc12. The van der Waals surface area contributed by atoms with Gasteiger partial charge in [-0.25, -0.2) is 4.79 Å². The van der Waals surface area contributed by atoms with Crippen molar-refractivity contribution in [2.45, 2.75) is 26.7 Å². The summed E-state index contributed by atoms with van der Waals surface area (Å²) in [6.07, 6.45) is 0.0764. The van der Waals surface area contributed by atoms with Gasteiger partial charge in [0.15, 0.2) is 0 Å². The number of hydrogen-bond acceptors (Lipinski definition) is 6. The molecule has 4 N–H and O–H groups in total. The second-order valence-corrected chi connectivity index (χ2v) is 6.03. The van der Waals surface area contributed by atoms with Gasteiger partial charge in [0.2, 0.25) is 11.8 Å². The van der Waals surface area contributed by atoms with Crippen LogP contribution < -0.4 is 16.3 Å². The van der Waals surface area contributed by atoms with Crippen molar-refractivity contribution in [3.05, 3.63) is 39.2 Å². The quantitative estimate of drug-likeness (QED) is 0.510. The molecule has 2 amide bonds. The summed E-state index contributed by atoms with van der Waals surface area (Å²) in [4.78, 5) is 45.8. The molecule has 0 atom stereocenters. The second-order valence-electron chi connectivity index (χ2n) is 6.03. The summed E-state index contributed by atoms with van der Waals surface area (Å²) < 4.78 is 5.30. The van der Waals surface area contributed by atoms with Crippen LogP contribution in [0.1, 0.15) is 23.1 Å². The molecule has 27 heavy (non-hydrogen) atoms. The number of aliphatic carboxylic acids is 1. The standard InChI is InChI=1S/C18H20N2O7/c1-9-11-3-5-13(21)10(2)17(11)27-18(26)12(9)4-6-14(22)19-7-15(23)20-8-16(24)25/h3,5,21H,4,6-8H2,1-2H3,(H,19,22)(H,20,23)(H,24,25). The normalized spacial score (nSPS) is 10.6. The summed E-state index contributed by atoms with van der Waals surface area (Å²) in [5.74, 6) is -2.24. The number of fused-ring (bicyclic) bond motifs is 1. The van der Waals surface area contributed by atoms with Gasteiger partial charge in [-0.05, 0) is 38.0 Å². The number of phenols is 1. The minimum atomic E-state index is -1.18. The summed E-state index contributed by atoms with van der Waals surface area (Å²) in [5, 5.41) is 23.3. The van der Waals surface area contributed by atoms with Crippen LogP contribution in [0.4, 0.5) is 0 Å². The third-order valence-corrected chi connectivity index (χ3v) is 4.16. The van der Waals surface area contributed by atoms with Crippen LogP contribution in [-0.4, -0.2) is 41.1 Å². The molecule has 0 aliphatic carbocycles. The Morgan fingerprint density at radius 2 is 1.70 bits per heavy atom. The maximum Gasteiger partial charge on any atom is 0.339 e. The lowest BCUT2D eigenvalue weighted by atomic mass is 10.0. The molecule has 1 heterocycles. The van der Waals surface area contributed by atoms with Crippen molar-refractivity contribution in [3.8, 4) is 5.75 Å². The Morgan fingerprint density at radius 1 is 1.04 bits per heavy atom. The van der Waals surface area contributed by atoms with Crippen LogP contribution >= 0.6 is 0 Å². The Hall–Kier alpha value is -3.36. The minimum Gasteiger partial charge on any atom is -0.508 e. The van der Waals surface area contributed by atoms with Crippen LogP contribution in [0.3, 0.4) is 0 Å². The smallest absolute Gasteiger partial charge is 0.339 e. The third-order valence-electron chi connectivity index (χ3n) is 4.16. The zero-order chi connectivity index (χ0) is 20.1. The molecular formula is C18H20N2O7. The highest BCUT2D eigenvalue weighted by atomic mass is 16.4. The van der Waals surface area contributed by atoms with E-state index in [1.807, 2.05) is 0 Å². The number of carboxylic acid groups (broad SMARTS) is 1. The maximum absolute atomic E-state index is 12.2. The number of carboxylic acids is 1. The number of phenolic OH excluding ortho intramolecular Hbond substituents is 1. The summed E-state index contributed by atoms with van der Waals surface area (Å²) in [6, 6.07) is 3.16. The molecular weight excluding hydrogens is 356 g/mol. The van der Waals surface area contributed by atoms with Crippen molar-refractivity contribution >= 4 is 28.8 Å². The van der Waals surface area contributed by atoms with E-state index < -0.39 is 30.0 Å². The number of rotatable bonds is 7. The molecule has 0 fully saturated rings. The van der Waals surface area contributed by atoms with Crippen molar-refractivity contribution < 1.29 is 29.0 Å². The number of hydrogen-bond donors (Lipinski definition) is 4. The Balaban J connectivity index is 2.03. The number of carbonyl (C=O) groups is 3. The number of nitrogens with one attached hydrogen (secondary N) is 2. The van der Waals surface area contributed by atoms with Crippen molar-refractivity contribution in [3.63, 3.8) is 0 Å². The van der Waals surface area contributed by atoms with Crippen molar-refractivity contribution in [1.82, 2.24) is 10.6 Å². The Bertz CT molecular complexity index is 962. The van der Waals surface area contributed by atoms with E-state index in [2.05, 4.69) is 10.6 Å². The number of carbonyl (C=O) groups excluding carboxylic acids is 2. The van der Waals surface area contributed by atoms with Gasteiger partial charge in [0, 0.05) is 22.9 Å². The minimum absolute atomic E-state index is 0.0263. The summed E-state index contributed by atoms with van der Waals surface area (Å²) in [6.45, 7) is 2.50. The van der Waals surface area contributed by atoms with Gasteiger partial charge in [-0.15, -0.1) is 0 Å². The van der Waals surface area contributed by atoms with Crippen molar-refractivity contribution in [2.75, 3.05) is 13.1 Å². The third kappa shape index (κ3) is 4.84. The molecule has 0 saturated heterocycles. The molecule has 9 nitrogen and oxygen atoms in total. The van der Waals surface area contributed by atoms with Gasteiger partial charge in [0.25, 0.3) is 0 Å². The van der Waals surface area contributed by atoms with E-state index in [-0.39, 0.29) is 25.1 Å². The fourth-order valence-corrected chi connectivity index (χ4v) is 2.61. The molecule has 2 aromatic rings. The molecule has 1 aromatic heterocycles. The molecule has 1 aromatic carbocycles.